The van der Waals surface area contributed by atoms with E-state index in [1.807, 2.05) is 36.1 Å². The van der Waals surface area contributed by atoms with Gasteiger partial charge in [-0.3, -0.25) is 9.59 Å². The number of anilines is 2. The minimum atomic E-state index is -0.480. The van der Waals surface area contributed by atoms with Gasteiger partial charge < -0.3 is 19.4 Å². The van der Waals surface area contributed by atoms with Crippen LogP contribution < -0.4 is 14.5 Å². The molecule has 2 aromatic carbocycles. The second-order valence-corrected chi connectivity index (χ2v) is 8.31. The molecule has 0 radical (unpaired) electrons. The number of hydrogen-bond donors (Lipinski definition) is 0. The van der Waals surface area contributed by atoms with Crippen LogP contribution in [0, 0.1) is 13.8 Å². The fourth-order valence-electron chi connectivity index (χ4n) is 4.41. The van der Waals surface area contributed by atoms with Gasteiger partial charge in [0.2, 0.25) is 5.91 Å². The first-order chi connectivity index (χ1) is 15.0. The number of para-hydroxylation sites is 2. The minimum absolute atomic E-state index is 0.0614. The van der Waals surface area contributed by atoms with E-state index < -0.39 is 6.10 Å². The lowest BCUT2D eigenvalue weighted by atomic mass is 10.1. The second kappa shape index (κ2) is 9.00. The zero-order chi connectivity index (χ0) is 22.0. The lowest BCUT2D eigenvalue weighted by Crippen LogP contribution is -2.50. The first-order valence-electron chi connectivity index (χ1n) is 11.2. The summed E-state index contributed by atoms with van der Waals surface area (Å²) in [5.41, 5.74) is 4.60. The highest BCUT2D eigenvalue weighted by Crippen LogP contribution is 2.34. The van der Waals surface area contributed by atoms with E-state index in [-0.39, 0.29) is 11.8 Å². The Labute approximate surface area is 184 Å². The Bertz CT molecular complexity index is 966. The summed E-state index contributed by atoms with van der Waals surface area (Å²) in [6.07, 6.45) is 0.448. The van der Waals surface area contributed by atoms with Crippen LogP contribution in [0.25, 0.3) is 0 Å². The van der Waals surface area contributed by atoms with Gasteiger partial charge in [0.15, 0.2) is 6.10 Å². The molecule has 0 N–H and O–H groups in total. The molecule has 164 valence electrons. The molecule has 4 rings (SSSR count). The number of nitrogens with zero attached hydrogens (tertiary/aromatic N) is 3. The zero-order valence-corrected chi connectivity index (χ0v) is 18.6. The van der Waals surface area contributed by atoms with Crippen molar-refractivity contribution in [2.45, 2.75) is 39.7 Å². The fourth-order valence-corrected chi connectivity index (χ4v) is 4.41. The molecular formula is C25H31N3O3. The smallest absolute Gasteiger partial charge is 0.268 e. The summed E-state index contributed by atoms with van der Waals surface area (Å²) in [5.74, 6) is 0.753. The average molecular weight is 422 g/mol. The first-order valence-corrected chi connectivity index (χ1v) is 11.2. The summed E-state index contributed by atoms with van der Waals surface area (Å²) in [7, 11) is 0. The van der Waals surface area contributed by atoms with E-state index in [9.17, 15) is 9.59 Å². The van der Waals surface area contributed by atoms with Gasteiger partial charge >= 0.3 is 0 Å². The number of aryl methyl sites for hydroxylation is 1. The number of amides is 2. The van der Waals surface area contributed by atoms with Crippen LogP contribution in [-0.2, 0) is 9.59 Å². The van der Waals surface area contributed by atoms with Gasteiger partial charge in [0.25, 0.3) is 5.91 Å². The molecule has 2 aromatic rings. The van der Waals surface area contributed by atoms with Crippen molar-refractivity contribution in [2.75, 3.05) is 42.5 Å². The van der Waals surface area contributed by atoms with Crippen molar-refractivity contribution >= 4 is 23.2 Å². The SMILES string of the molecule is CCC1Oc2ccccc2N(CCC(=O)N2CCN(c3cccc(C)c3C)CC2)C1=O. The molecule has 1 unspecified atom stereocenters. The number of benzene rings is 2. The predicted molar refractivity (Wildman–Crippen MR) is 123 cm³/mol. The number of hydrogen-bond acceptors (Lipinski definition) is 4. The summed E-state index contributed by atoms with van der Waals surface area (Å²) in [5, 5.41) is 0. The van der Waals surface area contributed by atoms with Crippen molar-refractivity contribution in [1.29, 1.82) is 0 Å². The van der Waals surface area contributed by atoms with Gasteiger partial charge in [0.1, 0.15) is 5.75 Å². The standard InChI is InChI=1S/C25H31N3O3/c1-4-22-25(30)28(21-9-5-6-11-23(21)31-22)13-12-24(29)27-16-14-26(15-17-27)20-10-7-8-18(2)19(20)3/h5-11,22H,4,12-17H2,1-3H3. The van der Waals surface area contributed by atoms with Crippen molar-refractivity contribution in [1.82, 2.24) is 4.90 Å². The number of rotatable bonds is 5. The number of ether oxygens (including phenoxy) is 1. The maximum absolute atomic E-state index is 12.9. The van der Waals surface area contributed by atoms with Crippen LogP contribution in [0.1, 0.15) is 30.9 Å². The van der Waals surface area contributed by atoms with Gasteiger partial charge in [0, 0.05) is 44.8 Å². The number of fused-ring (bicyclic) bond motifs is 1. The Morgan fingerprint density at radius 1 is 1.00 bits per heavy atom. The molecule has 2 amide bonds. The number of carbonyl (C=O) groups excluding carboxylic acids is 2. The summed E-state index contributed by atoms with van der Waals surface area (Å²) in [6.45, 7) is 9.67. The van der Waals surface area contributed by atoms with Gasteiger partial charge in [-0.2, -0.15) is 0 Å². The van der Waals surface area contributed by atoms with E-state index >= 15 is 0 Å². The molecule has 1 fully saturated rings. The molecule has 2 aliphatic heterocycles. The Kier molecular flexibility index (Phi) is 6.16. The quantitative estimate of drug-likeness (QED) is 0.741. The molecule has 0 aromatic heterocycles. The second-order valence-electron chi connectivity index (χ2n) is 8.31. The Balaban J connectivity index is 1.36. The third-order valence-corrected chi connectivity index (χ3v) is 6.44. The molecule has 6 nitrogen and oxygen atoms in total. The van der Waals surface area contributed by atoms with E-state index in [0.29, 0.717) is 38.2 Å². The van der Waals surface area contributed by atoms with Gasteiger partial charge in [-0.15, -0.1) is 0 Å². The van der Waals surface area contributed by atoms with Crippen molar-refractivity contribution in [3.63, 3.8) is 0 Å². The first kappa shape index (κ1) is 21.2. The third-order valence-electron chi connectivity index (χ3n) is 6.44. The van der Waals surface area contributed by atoms with E-state index in [1.165, 1.54) is 16.8 Å². The molecule has 1 atom stereocenters. The molecule has 0 bridgehead atoms. The van der Waals surface area contributed by atoms with Crippen molar-refractivity contribution in [3.05, 3.63) is 53.6 Å². The maximum atomic E-state index is 12.9. The van der Waals surface area contributed by atoms with E-state index in [1.54, 1.807) is 4.90 Å². The van der Waals surface area contributed by atoms with E-state index in [0.717, 1.165) is 18.8 Å². The lowest BCUT2D eigenvalue weighted by molar-refractivity contribution is -0.131. The van der Waals surface area contributed by atoms with Crippen LogP contribution in [0.5, 0.6) is 5.75 Å². The van der Waals surface area contributed by atoms with Gasteiger partial charge in [-0.25, -0.2) is 0 Å². The van der Waals surface area contributed by atoms with Gasteiger partial charge in [-0.1, -0.05) is 31.2 Å². The highest BCUT2D eigenvalue weighted by Gasteiger charge is 2.33. The van der Waals surface area contributed by atoms with E-state index in [2.05, 4.69) is 36.9 Å². The summed E-state index contributed by atoms with van der Waals surface area (Å²) in [6, 6.07) is 13.9. The Morgan fingerprint density at radius 2 is 1.71 bits per heavy atom. The van der Waals surface area contributed by atoms with E-state index in [4.69, 9.17) is 4.74 Å². The van der Waals surface area contributed by atoms with Crippen LogP contribution in [0.3, 0.4) is 0 Å². The minimum Gasteiger partial charge on any atom is -0.478 e. The zero-order valence-electron chi connectivity index (χ0n) is 18.6. The molecule has 1 saturated heterocycles. The largest absolute Gasteiger partial charge is 0.478 e. The van der Waals surface area contributed by atoms with Crippen molar-refractivity contribution < 1.29 is 14.3 Å². The van der Waals surface area contributed by atoms with Crippen molar-refractivity contribution in [3.8, 4) is 5.75 Å². The monoisotopic (exact) mass is 421 g/mol. The maximum Gasteiger partial charge on any atom is 0.268 e. The molecule has 6 heteroatoms. The van der Waals surface area contributed by atoms with Gasteiger partial charge in [0.05, 0.1) is 5.69 Å². The van der Waals surface area contributed by atoms with Crippen LogP contribution in [-0.4, -0.2) is 55.5 Å². The third kappa shape index (κ3) is 4.24. The average Bonchev–Trinajstić information content (AvgIpc) is 2.80. The molecule has 0 aliphatic carbocycles. The van der Waals surface area contributed by atoms with Crippen LogP contribution in [0.2, 0.25) is 0 Å². The predicted octanol–water partition coefficient (Wildman–Crippen LogP) is 3.55. The summed E-state index contributed by atoms with van der Waals surface area (Å²) < 4.78 is 5.83. The van der Waals surface area contributed by atoms with Crippen LogP contribution in [0.15, 0.2) is 42.5 Å². The Morgan fingerprint density at radius 3 is 2.45 bits per heavy atom. The highest BCUT2D eigenvalue weighted by molar-refractivity contribution is 6.00. The molecule has 31 heavy (non-hydrogen) atoms. The fraction of sp³-hybridized carbons (Fsp3) is 0.440. The molecular weight excluding hydrogens is 390 g/mol. The molecule has 0 saturated carbocycles. The summed E-state index contributed by atoms with van der Waals surface area (Å²) >= 11 is 0. The topological polar surface area (TPSA) is 53.1 Å². The van der Waals surface area contributed by atoms with Crippen LogP contribution >= 0.6 is 0 Å². The highest BCUT2D eigenvalue weighted by atomic mass is 16.5. The molecule has 2 aliphatic rings. The normalized spacial score (nSPS) is 18.6. The summed E-state index contributed by atoms with van der Waals surface area (Å²) in [4.78, 5) is 31.8. The Hall–Kier alpha value is -3.02. The lowest BCUT2D eigenvalue weighted by Gasteiger charge is -2.38. The molecule has 0 spiro atoms. The van der Waals surface area contributed by atoms with Crippen molar-refractivity contribution in [2.24, 2.45) is 0 Å². The number of piperazine rings is 1. The van der Waals surface area contributed by atoms with Gasteiger partial charge in [-0.05, 0) is 49.6 Å². The number of carbonyl (C=O) groups is 2. The molecule has 2 heterocycles. The van der Waals surface area contributed by atoms with Crippen LogP contribution in [0.4, 0.5) is 11.4 Å².